The zero-order valence-electron chi connectivity index (χ0n) is 15.9. The zero-order valence-corrected chi connectivity index (χ0v) is 17.5. The molecule has 28 heavy (non-hydrogen) atoms. The minimum Gasteiger partial charge on any atom is -0.497 e. The van der Waals surface area contributed by atoms with Gasteiger partial charge in [0.1, 0.15) is 5.75 Å². The Morgan fingerprint density at radius 1 is 1.21 bits per heavy atom. The molecule has 152 valence electrons. The van der Waals surface area contributed by atoms with Crippen LogP contribution in [0.4, 0.5) is 0 Å². The summed E-state index contributed by atoms with van der Waals surface area (Å²) in [6.07, 6.45) is 0.840. The van der Waals surface area contributed by atoms with Gasteiger partial charge in [-0.05, 0) is 42.1 Å². The molecule has 0 bridgehead atoms. The van der Waals surface area contributed by atoms with E-state index in [4.69, 9.17) is 4.74 Å². The number of nitrogens with one attached hydrogen (secondary N) is 2. The second kappa shape index (κ2) is 9.51. The number of quaternary nitrogens is 1. The van der Waals surface area contributed by atoms with Crippen LogP contribution in [0.2, 0.25) is 0 Å². The van der Waals surface area contributed by atoms with Gasteiger partial charge in [0, 0.05) is 11.4 Å². The van der Waals surface area contributed by atoms with Crippen molar-refractivity contribution in [2.24, 2.45) is 0 Å². The molecule has 1 aromatic heterocycles. The van der Waals surface area contributed by atoms with Crippen LogP contribution >= 0.6 is 11.3 Å². The molecule has 3 rings (SSSR count). The van der Waals surface area contributed by atoms with Crippen molar-refractivity contribution < 1.29 is 22.8 Å². The second-order valence-electron chi connectivity index (χ2n) is 6.69. The largest absolute Gasteiger partial charge is 0.497 e. The monoisotopic (exact) mass is 424 g/mol. The van der Waals surface area contributed by atoms with Crippen molar-refractivity contribution in [2.45, 2.75) is 11.3 Å². The fourth-order valence-corrected chi connectivity index (χ4v) is 5.34. The predicted octanol–water partition coefficient (Wildman–Crippen LogP) is 0.00480. The molecule has 2 N–H and O–H groups in total. The first-order valence-electron chi connectivity index (χ1n) is 9.26. The Labute approximate surface area is 170 Å². The van der Waals surface area contributed by atoms with Gasteiger partial charge in [-0.3, -0.25) is 4.79 Å². The molecule has 0 atom stereocenters. The summed E-state index contributed by atoms with van der Waals surface area (Å²) in [7, 11) is -1.97. The van der Waals surface area contributed by atoms with E-state index in [1.165, 1.54) is 9.18 Å². The maximum Gasteiger partial charge on any atom is 0.275 e. The smallest absolute Gasteiger partial charge is 0.275 e. The van der Waals surface area contributed by atoms with E-state index in [-0.39, 0.29) is 10.8 Å². The average molecular weight is 425 g/mol. The van der Waals surface area contributed by atoms with Gasteiger partial charge in [-0.2, -0.15) is 4.31 Å². The highest BCUT2D eigenvalue weighted by atomic mass is 32.2. The first kappa shape index (κ1) is 20.8. The van der Waals surface area contributed by atoms with Gasteiger partial charge in [-0.25, -0.2) is 8.42 Å². The Kier molecular flexibility index (Phi) is 7.06. The van der Waals surface area contributed by atoms with Gasteiger partial charge in [0.05, 0.1) is 38.2 Å². The molecular weight excluding hydrogens is 398 g/mol. The lowest BCUT2D eigenvalue weighted by Gasteiger charge is -2.31. The molecule has 1 amide bonds. The predicted molar refractivity (Wildman–Crippen MR) is 108 cm³/mol. The van der Waals surface area contributed by atoms with Crippen molar-refractivity contribution in [2.75, 3.05) is 46.4 Å². The summed E-state index contributed by atoms with van der Waals surface area (Å²) in [6, 6.07) is 10.5. The summed E-state index contributed by atoms with van der Waals surface area (Å²) in [4.78, 5) is 14.8. The van der Waals surface area contributed by atoms with E-state index in [9.17, 15) is 13.2 Å². The van der Waals surface area contributed by atoms with Gasteiger partial charge in [-0.1, -0.05) is 6.07 Å². The van der Waals surface area contributed by atoms with E-state index in [0.29, 0.717) is 45.0 Å². The minimum absolute atomic E-state index is 0.0121. The molecule has 1 aliphatic rings. The first-order chi connectivity index (χ1) is 13.5. The zero-order chi connectivity index (χ0) is 20.0. The van der Waals surface area contributed by atoms with Crippen LogP contribution in [0.1, 0.15) is 4.88 Å². The van der Waals surface area contributed by atoms with Gasteiger partial charge in [-0.15, -0.1) is 11.3 Å². The minimum atomic E-state index is -3.51. The summed E-state index contributed by atoms with van der Waals surface area (Å²) in [5.41, 5.74) is 0. The molecule has 0 spiro atoms. The Hall–Kier alpha value is -1.94. The molecule has 1 aliphatic heterocycles. The Bertz CT molecular complexity index is 859. The molecule has 1 saturated heterocycles. The molecule has 0 radical (unpaired) electrons. The number of amides is 1. The molecule has 0 aliphatic carbocycles. The molecular formula is C19H26N3O4S2+. The third-order valence-corrected chi connectivity index (χ3v) is 7.66. The van der Waals surface area contributed by atoms with Crippen molar-refractivity contribution in [3.05, 3.63) is 46.7 Å². The van der Waals surface area contributed by atoms with Gasteiger partial charge in [0.25, 0.3) is 5.91 Å². The number of hydrogen-bond donors (Lipinski definition) is 2. The number of rotatable bonds is 8. The fourth-order valence-electron chi connectivity index (χ4n) is 3.19. The number of carbonyl (C=O) groups is 1. The molecule has 1 fully saturated rings. The van der Waals surface area contributed by atoms with Crippen molar-refractivity contribution in [3.8, 4) is 5.75 Å². The van der Waals surface area contributed by atoms with Crippen molar-refractivity contribution >= 4 is 27.3 Å². The molecule has 0 unspecified atom stereocenters. The number of sulfonamides is 1. The summed E-state index contributed by atoms with van der Waals surface area (Å²) >= 11 is 1.69. The Morgan fingerprint density at radius 2 is 1.93 bits per heavy atom. The number of ether oxygens (including phenoxy) is 1. The highest BCUT2D eigenvalue weighted by Crippen LogP contribution is 2.19. The third kappa shape index (κ3) is 5.32. The van der Waals surface area contributed by atoms with Crippen LogP contribution in [0.5, 0.6) is 5.75 Å². The van der Waals surface area contributed by atoms with Crippen LogP contribution in [0.25, 0.3) is 0 Å². The number of benzene rings is 1. The summed E-state index contributed by atoms with van der Waals surface area (Å²) in [6.45, 7) is 3.06. The lowest BCUT2D eigenvalue weighted by atomic mass is 10.3. The Balaban J connectivity index is 1.44. The highest BCUT2D eigenvalue weighted by molar-refractivity contribution is 7.89. The Morgan fingerprint density at radius 3 is 2.54 bits per heavy atom. The van der Waals surface area contributed by atoms with Crippen molar-refractivity contribution in [3.63, 3.8) is 0 Å². The number of piperazine rings is 1. The fraction of sp³-hybridized carbons (Fsp3) is 0.421. The third-order valence-electron chi connectivity index (χ3n) is 4.81. The van der Waals surface area contributed by atoms with Crippen molar-refractivity contribution in [1.29, 1.82) is 0 Å². The maximum atomic E-state index is 12.8. The van der Waals surface area contributed by atoms with Crippen LogP contribution in [0.15, 0.2) is 46.7 Å². The van der Waals surface area contributed by atoms with E-state index in [0.717, 1.165) is 11.3 Å². The van der Waals surface area contributed by atoms with Gasteiger partial charge in [0.2, 0.25) is 10.0 Å². The number of nitrogens with zero attached hydrogens (tertiary/aromatic N) is 1. The number of carbonyl (C=O) groups excluding carboxylic acids is 1. The maximum absolute atomic E-state index is 12.8. The van der Waals surface area contributed by atoms with Gasteiger partial charge < -0.3 is 15.0 Å². The summed E-state index contributed by atoms with van der Waals surface area (Å²) in [5.74, 6) is 0.635. The van der Waals surface area contributed by atoms with Gasteiger partial charge >= 0.3 is 0 Å². The van der Waals surface area contributed by atoms with E-state index in [1.807, 2.05) is 11.4 Å². The molecule has 7 nitrogen and oxygen atoms in total. The van der Waals surface area contributed by atoms with E-state index in [1.54, 1.807) is 42.7 Å². The highest BCUT2D eigenvalue weighted by Gasteiger charge is 2.31. The van der Waals surface area contributed by atoms with E-state index in [2.05, 4.69) is 11.4 Å². The van der Waals surface area contributed by atoms with Crippen molar-refractivity contribution in [1.82, 2.24) is 9.62 Å². The molecule has 9 heteroatoms. The average Bonchev–Trinajstić information content (AvgIpc) is 3.22. The first-order valence-corrected chi connectivity index (χ1v) is 11.6. The number of methoxy groups -OCH3 is 1. The van der Waals surface area contributed by atoms with Crippen LogP contribution in [0, 0.1) is 0 Å². The van der Waals surface area contributed by atoms with Crippen LogP contribution < -0.4 is 15.0 Å². The number of thiophene rings is 1. The van der Waals surface area contributed by atoms with E-state index >= 15 is 0 Å². The number of hydrogen-bond acceptors (Lipinski definition) is 5. The second-order valence-corrected chi connectivity index (χ2v) is 9.66. The normalized spacial score (nSPS) is 16.0. The van der Waals surface area contributed by atoms with Crippen LogP contribution in [-0.2, 0) is 21.2 Å². The van der Waals surface area contributed by atoms with E-state index < -0.39 is 10.0 Å². The topological polar surface area (TPSA) is 80.2 Å². The van der Waals surface area contributed by atoms with Gasteiger partial charge in [0.15, 0.2) is 6.54 Å². The standard InChI is InChI=1S/C19H25N3O4S2/c1-26-16-4-6-18(7-5-16)28(24,25)22-12-10-21(11-13-22)15-19(23)20-9-8-17-3-2-14-27-17/h2-7,14H,8-13,15H2,1H3,(H,20,23)/p+1. The summed E-state index contributed by atoms with van der Waals surface area (Å²) in [5, 5.41) is 4.98. The molecule has 2 aromatic rings. The van der Waals surface area contributed by atoms with Crippen LogP contribution in [-0.4, -0.2) is 65.0 Å². The molecule has 2 heterocycles. The quantitative estimate of drug-likeness (QED) is 0.626. The SMILES string of the molecule is COc1ccc(S(=O)(=O)N2CC[NH+](CC(=O)NCCc3cccs3)CC2)cc1. The molecule has 1 aromatic carbocycles. The van der Waals surface area contributed by atoms with Crippen LogP contribution in [0.3, 0.4) is 0 Å². The molecule has 0 saturated carbocycles. The lowest BCUT2D eigenvalue weighted by Crippen LogP contribution is -3.15. The lowest BCUT2D eigenvalue weighted by molar-refractivity contribution is -0.895. The summed E-state index contributed by atoms with van der Waals surface area (Å²) < 4.78 is 32.1.